The third-order valence-corrected chi connectivity index (χ3v) is 5.34. The first kappa shape index (κ1) is 14.0. The molecule has 1 aromatic rings. The zero-order valence-corrected chi connectivity index (χ0v) is 12.7. The van der Waals surface area contributed by atoms with Gasteiger partial charge in [-0.15, -0.1) is 0 Å². The molecule has 0 amide bonds. The summed E-state index contributed by atoms with van der Waals surface area (Å²) in [6.45, 7) is 1.84. The molecule has 100 valence electrons. The van der Waals surface area contributed by atoms with Crippen LogP contribution < -0.4 is 0 Å². The first-order valence-corrected chi connectivity index (χ1v) is 8.00. The van der Waals surface area contributed by atoms with Crippen LogP contribution in [0.15, 0.2) is 18.2 Å². The molecule has 1 aliphatic rings. The number of benzene rings is 1. The molecule has 1 aromatic carbocycles. The average Bonchev–Trinajstić information content (AvgIpc) is 2.31. The van der Waals surface area contributed by atoms with Crippen molar-refractivity contribution < 1.29 is 4.39 Å². The van der Waals surface area contributed by atoms with E-state index in [9.17, 15) is 4.39 Å². The van der Waals surface area contributed by atoms with Crippen molar-refractivity contribution in [2.24, 2.45) is 5.92 Å². The van der Waals surface area contributed by atoms with Gasteiger partial charge in [0.2, 0.25) is 0 Å². The second-order valence-corrected chi connectivity index (χ2v) is 6.50. The molecule has 2 rings (SSSR count). The fourth-order valence-electron chi connectivity index (χ4n) is 2.89. The monoisotopic (exact) mass is 312 g/mol. The van der Waals surface area contributed by atoms with Crippen LogP contribution in [0.1, 0.15) is 60.9 Å². The van der Waals surface area contributed by atoms with E-state index >= 15 is 0 Å². The standard InChI is InChI=1S/C16H22BrF/c1-12-11-14(9-10-15(12)18)16(17)13-7-5-3-2-4-6-8-13/h9-11,13,16H,2-8H2,1H3. The summed E-state index contributed by atoms with van der Waals surface area (Å²) >= 11 is 3.84. The van der Waals surface area contributed by atoms with Crippen LogP contribution in [0, 0.1) is 18.7 Å². The predicted octanol–water partition coefficient (Wildman–Crippen LogP) is 5.93. The number of rotatable bonds is 2. The summed E-state index contributed by atoms with van der Waals surface area (Å²) in [4.78, 5) is 0.384. The lowest BCUT2D eigenvalue weighted by atomic mass is 9.86. The molecule has 1 fully saturated rings. The first-order chi connectivity index (χ1) is 8.68. The van der Waals surface area contributed by atoms with Crippen molar-refractivity contribution in [2.45, 2.75) is 56.7 Å². The first-order valence-electron chi connectivity index (χ1n) is 7.08. The smallest absolute Gasteiger partial charge is 0.126 e. The fraction of sp³-hybridized carbons (Fsp3) is 0.625. The normalized spacial score (nSPS) is 20.2. The van der Waals surface area contributed by atoms with Gasteiger partial charge in [0.25, 0.3) is 0 Å². The Labute approximate surface area is 118 Å². The highest BCUT2D eigenvalue weighted by atomic mass is 79.9. The minimum Gasteiger partial charge on any atom is -0.207 e. The van der Waals surface area contributed by atoms with Crippen molar-refractivity contribution >= 4 is 15.9 Å². The van der Waals surface area contributed by atoms with E-state index in [1.54, 1.807) is 6.07 Å². The van der Waals surface area contributed by atoms with Gasteiger partial charge in [-0.1, -0.05) is 60.2 Å². The summed E-state index contributed by atoms with van der Waals surface area (Å²) in [6, 6.07) is 5.52. The van der Waals surface area contributed by atoms with E-state index in [1.807, 2.05) is 19.1 Å². The Morgan fingerprint density at radius 2 is 1.72 bits per heavy atom. The van der Waals surface area contributed by atoms with Crippen LogP contribution in [-0.4, -0.2) is 0 Å². The van der Waals surface area contributed by atoms with Gasteiger partial charge < -0.3 is 0 Å². The number of hydrogen-bond donors (Lipinski definition) is 0. The van der Waals surface area contributed by atoms with Gasteiger partial charge >= 0.3 is 0 Å². The lowest BCUT2D eigenvalue weighted by Gasteiger charge is -2.25. The van der Waals surface area contributed by atoms with Crippen molar-refractivity contribution in [3.8, 4) is 0 Å². The van der Waals surface area contributed by atoms with Crippen LogP contribution in [0.4, 0.5) is 4.39 Å². The molecule has 0 radical (unpaired) electrons. The van der Waals surface area contributed by atoms with Gasteiger partial charge in [-0.05, 0) is 42.9 Å². The molecule has 0 aromatic heterocycles. The molecule has 0 bridgehead atoms. The van der Waals surface area contributed by atoms with E-state index < -0.39 is 0 Å². The van der Waals surface area contributed by atoms with E-state index in [2.05, 4.69) is 15.9 Å². The molecule has 0 heterocycles. The molecule has 18 heavy (non-hydrogen) atoms. The molecular weight excluding hydrogens is 291 g/mol. The van der Waals surface area contributed by atoms with E-state index in [4.69, 9.17) is 0 Å². The average molecular weight is 313 g/mol. The van der Waals surface area contributed by atoms with Gasteiger partial charge in [0.15, 0.2) is 0 Å². The molecular formula is C16H22BrF. The molecule has 0 spiro atoms. The summed E-state index contributed by atoms with van der Waals surface area (Å²) in [5.74, 6) is 0.603. The maximum absolute atomic E-state index is 13.3. The molecule has 0 saturated heterocycles. The lowest BCUT2D eigenvalue weighted by molar-refractivity contribution is 0.374. The number of alkyl halides is 1. The van der Waals surface area contributed by atoms with Gasteiger partial charge in [0.1, 0.15) is 5.82 Å². The Kier molecular flexibility index (Phi) is 5.23. The highest BCUT2D eigenvalue weighted by Gasteiger charge is 2.21. The summed E-state index contributed by atoms with van der Waals surface area (Å²) in [7, 11) is 0. The SMILES string of the molecule is Cc1cc(C(Br)C2CCCCCCC2)ccc1F. The minimum atomic E-state index is -0.101. The van der Waals surface area contributed by atoms with E-state index in [-0.39, 0.29) is 5.82 Å². The highest BCUT2D eigenvalue weighted by molar-refractivity contribution is 9.09. The Hall–Kier alpha value is -0.370. The molecule has 0 nitrogen and oxygen atoms in total. The summed E-state index contributed by atoms with van der Waals surface area (Å²) in [5, 5.41) is 0. The van der Waals surface area contributed by atoms with Gasteiger partial charge in [-0.2, -0.15) is 0 Å². The largest absolute Gasteiger partial charge is 0.207 e. The molecule has 0 N–H and O–H groups in total. The molecule has 1 saturated carbocycles. The van der Waals surface area contributed by atoms with Gasteiger partial charge in [0, 0.05) is 4.83 Å². The topological polar surface area (TPSA) is 0 Å². The van der Waals surface area contributed by atoms with Gasteiger partial charge in [0.05, 0.1) is 0 Å². The Bertz CT molecular complexity index is 381. The zero-order chi connectivity index (χ0) is 13.0. The molecule has 0 aliphatic heterocycles. The number of halogens is 2. The minimum absolute atomic E-state index is 0.101. The van der Waals surface area contributed by atoms with Crippen molar-refractivity contribution in [1.82, 2.24) is 0 Å². The summed E-state index contributed by atoms with van der Waals surface area (Å²) < 4.78 is 13.3. The van der Waals surface area contributed by atoms with Gasteiger partial charge in [-0.3, -0.25) is 0 Å². The maximum atomic E-state index is 13.3. The predicted molar refractivity (Wildman–Crippen MR) is 78.6 cm³/mol. The quantitative estimate of drug-likeness (QED) is 0.594. The highest BCUT2D eigenvalue weighted by Crippen LogP contribution is 2.39. The van der Waals surface area contributed by atoms with E-state index in [0.29, 0.717) is 10.7 Å². The molecule has 1 atom stereocenters. The van der Waals surface area contributed by atoms with Crippen LogP contribution in [-0.2, 0) is 0 Å². The summed E-state index contributed by atoms with van der Waals surface area (Å²) in [6.07, 6.45) is 9.42. The lowest BCUT2D eigenvalue weighted by Crippen LogP contribution is -2.10. The second-order valence-electron chi connectivity index (χ2n) is 5.52. The van der Waals surface area contributed by atoms with Crippen LogP contribution in [0.5, 0.6) is 0 Å². The van der Waals surface area contributed by atoms with Crippen LogP contribution >= 0.6 is 15.9 Å². The van der Waals surface area contributed by atoms with E-state index in [0.717, 1.165) is 5.56 Å². The summed E-state index contributed by atoms with van der Waals surface area (Å²) in [5.41, 5.74) is 1.99. The van der Waals surface area contributed by atoms with Crippen LogP contribution in [0.25, 0.3) is 0 Å². The molecule has 1 aliphatic carbocycles. The number of aryl methyl sites for hydroxylation is 1. The Morgan fingerprint density at radius 3 is 2.33 bits per heavy atom. The van der Waals surface area contributed by atoms with Gasteiger partial charge in [-0.25, -0.2) is 4.39 Å². The fourth-order valence-corrected chi connectivity index (χ4v) is 3.71. The van der Waals surface area contributed by atoms with Crippen LogP contribution in [0.3, 0.4) is 0 Å². The van der Waals surface area contributed by atoms with Crippen molar-refractivity contribution in [2.75, 3.05) is 0 Å². The number of hydrogen-bond acceptors (Lipinski definition) is 0. The maximum Gasteiger partial charge on any atom is 0.126 e. The third-order valence-electron chi connectivity index (χ3n) is 4.06. The van der Waals surface area contributed by atoms with E-state index in [1.165, 1.54) is 50.5 Å². The van der Waals surface area contributed by atoms with Crippen molar-refractivity contribution in [1.29, 1.82) is 0 Å². The van der Waals surface area contributed by atoms with Crippen molar-refractivity contribution in [3.05, 3.63) is 35.1 Å². The zero-order valence-electron chi connectivity index (χ0n) is 11.1. The molecule has 2 heteroatoms. The Morgan fingerprint density at radius 1 is 1.11 bits per heavy atom. The Balaban J connectivity index is 2.08. The molecule has 1 unspecified atom stereocenters. The van der Waals surface area contributed by atoms with Crippen LogP contribution in [0.2, 0.25) is 0 Å². The van der Waals surface area contributed by atoms with Crippen molar-refractivity contribution in [3.63, 3.8) is 0 Å². The second kappa shape index (κ2) is 6.70. The third kappa shape index (κ3) is 3.57.